The molecule has 8 heteroatoms. The molecular formula is C15H20ClF3N2O2. The summed E-state index contributed by atoms with van der Waals surface area (Å²) >= 11 is 0. The predicted octanol–water partition coefficient (Wildman–Crippen LogP) is 2.50. The van der Waals surface area contributed by atoms with E-state index in [1.165, 1.54) is 18.2 Å². The highest BCUT2D eigenvalue weighted by Crippen LogP contribution is 2.31. The van der Waals surface area contributed by atoms with E-state index in [9.17, 15) is 18.0 Å². The van der Waals surface area contributed by atoms with Crippen molar-refractivity contribution in [3.63, 3.8) is 0 Å². The molecule has 1 saturated heterocycles. The maximum Gasteiger partial charge on any atom is 0.416 e. The third-order valence-corrected chi connectivity index (χ3v) is 3.85. The van der Waals surface area contributed by atoms with Gasteiger partial charge in [-0.1, -0.05) is 18.2 Å². The second-order valence-corrected chi connectivity index (χ2v) is 5.35. The summed E-state index contributed by atoms with van der Waals surface area (Å²) in [6, 6.07) is 4.46. The summed E-state index contributed by atoms with van der Waals surface area (Å²) in [6.07, 6.45) is -3.06. The van der Waals surface area contributed by atoms with Crippen LogP contribution in [0.1, 0.15) is 24.0 Å². The van der Waals surface area contributed by atoms with Crippen molar-refractivity contribution in [1.82, 2.24) is 5.32 Å². The van der Waals surface area contributed by atoms with Crippen molar-refractivity contribution >= 4 is 18.3 Å². The highest BCUT2D eigenvalue weighted by Gasteiger charge is 2.33. The Hall–Kier alpha value is -1.31. The van der Waals surface area contributed by atoms with Crippen molar-refractivity contribution in [2.24, 2.45) is 11.7 Å². The van der Waals surface area contributed by atoms with E-state index in [-0.39, 0.29) is 30.4 Å². The van der Waals surface area contributed by atoms with E-state index in [0.717, 1.165) is 6.07 Å². The van der Waals surface area contributed by atoms with Gasteiger partial charge >= 0.3 is 6.18 Å². The number of ether oxygens (including phenoxy) is 1. The number of hydrogen-bond acceptors (Lipinski definition) is 3. The molecule has 23 heavy (non-hydrogen) atoms. The smallest absolute Gasteiger partial charge is 0.381 e. The Morgan fingerprint density at radius 3 is 2.52 bits per heavy atom. The van der Waals surface area contributed by atoms with Crippen LogP contribution < -0.4 is 11.1 Å². The summed E-state index contributed by atoms with van der Waals surface area (Å²) < 4.78 is 43.8. The SMILES string of the molecule is Cl.NC(C(=O)NCc1ccccc1C(F)(F)F)C1CCOCC1. The molecule has 0 aromatic heterocycles. The number of carbonyl (C=O) groups excluding carboxylic acids is 1. The minimum atomic E-state index is -4.44. The summed E-state index contributed by atoms with van der Waals surface area (Å²) in [7, 11) is 0. The van der Waals surface area contributed by atoms with Gasteiger partial charge in [0.1, 0.15) is 0 Å². The highest BCUT2D eigenvalue weighted by molar-refractivity contribution is 5.85. The van der Waals surface area contributed by atoms with Crippen molar-refractivity contribution in [2.75, 3.05) is 13.2 Å². The van der Waals surface area contributed by atoms with Crippen molar-refractivity contribution in [3.8, 4) is 0 Å². The second-order valence-electron chi connectivity index (χ2n) is 5.35. The quantitative estimate of drug-likeness (QED) is 0.875. The standard InChI is InChI=1S/C15H19F3N2O2.ClH/c16-15(17,18)12-4-2-1-3-11(12)9-20-14(21)13(19)10-5-7-22-8-6-10;/h1-4,10,13H,5-9,19H2,(H,20,21);1H. The van der Waals surface area contributed by atoms with E-state index in [0.29, 0.717) is 26.1 Å². The highest BCUT2D eigenvalue weighted by atomic mass is 35.5. The molecular weight excluding hydrogens is 333 g/mol. The van der Waals surface area contributed by atoms with Gasteiger partial charge in [-0.3, -0.25) is 4.79 Å². The topological polar surface area (TPSA) is 64.4 Å². The fourth-order valence-electron chi connectivity index (χ4n) is 2.54. The Morgan fingerprint density at radius 2 is 1.91 bits per heavy atom. The summed E-state index contributed by atoms with van der Waals surface area (Å²) in [5.74, 6) is -0.421. The third kappa shape index (κ3) is 5.37. The van der Waals surface area contributed by atoms with E-state index < -0.39 is 23.7 Å². The summed E-state index contributed by atoms with van der Waals surface area (Å²) in [5, 5.41) is 2.50. The molecule has 0 bridgehead atoms. The number of halogens is 4. The first-order valence-corrected chi connectivity index (χ1v) is 7.15. The lowest BCUT2D eigenvalue weighted by molar-refractivity contribution is -0.138. The number of alkyl halides is 3. The minimum absolute atomic E-state index is 0. The van der Waals surface area contributed by atoms with Crippen LogP contribution in [0.25, 0.3) is 0 Å². The average molecular weight is 353 g/mol. The summed E-state index contributed by atoms with van der Waals surface area (Å²) in [4.78, 5) is 12.0. The number of amides is 1. The van der Waals surface area contributed by atoms with Crippen LogP contribution >= 0.6 is 12.4 Å². The molecule has 1 heterocycles. The lowest BCUT2D eigenvalue weighted by atomic mass is 9.92. The molecule has 1 unspecified atom stereocenters. The largest absolute Gasteiger partial charge is 0.416 e. The molecule has 1 aromatic carbocycles. The van der Waals surface area contributed by atoms with Gasteiger partial charge in [-0.05, 0) is 30.4 Å². The Labute approximate surface area is 139 Å². The van der Waals surface area contributed by atoms with Crippen LogP contribution in [0, 0.1) is 5.92 Å². The van der Waals surface area contributed by atoms with Crippen molar-refractivity contribution in [1.29, 1.82) is 0 Å². The Balaban J connectivity index is 0.00000264. The van der Waals surface area contributed by atoms with Crippen molar-refractivity contribution in [2.45, 2.75) is 31.6 Å². The average Bonchev–Trinajstić information content (AvgIpc) is 2.52. The molecule has 4 nitrogen and oxygen atoms in total. The van der Waals surface area contributed by atoms with Crippen LogP contribution in [-0.4, -0.2) is 25.2 Å². The molecule has 130 valence electrons. The van der Waals surface area contributed by atoms with E-state index in [1.807, 2.05) is 0 Å². The lowest BCUT2D eigenvalue weighted by Crippen LogP contribution is -2.46. The normalized spacial score (nSPS) is 17.2. The zero-order chi connectivity index (χ0) is 16.2. The van der Waals surface area contributed by atoms with Gasteiger partial charge in [0.2, 0.25) is 5.91 Å². The predicted molar refractivity (Wildman–Crippen MR) is 82.1 cm³/mol. The fourth-order valence-corrected chi connectivity index (χ4v) is 2.54. The van der Waals surface area contributed by atoms with Gasteiger partial charge in [0.25, 0.3) is 0 Å². The molecule has 0 radical (unpaired) electrons. The maximum absolute atomic E-state index is 12.9. The van der Waals surface area contributed by atoms with E-state index in [4.69, 9.17) is 10.5 Å². The first-order valence-electron chi connectivity index (χ1n) is 7.15. The first kappa shape index (κ1) is 19.7. The van der Waals surface area contributed by atoms with Gasteiger partial charge in [-0.15, -0.1) is 12.4 Å². The van der Waals surface area contributed by atoms with Gasteiger partial charge in [0.15, 0.2) is 0 Å². The minimum Gasteiger partial charge on any atom is -0.381 e. The van der Waals surface area contributed by atoms with Gasteiger partial charge < -0.3 is 15.8 Å². The van der Waals surface area contributed by atoms with Crippen LogP contribution in [0.5, 0.6) is 0 Å². The first-order chi connectivity index (χ1) is 10.4. The number of rotatable bonds is 4. The zero-order valence-corrected chi connectivity index (χ0v) is 13.3. The molecule has 1 aliphatic heterocycles. The van der Waals surface area contributed by atoms with Crippen LogP contribution in [0.4, 0.5) is 13.2 Å². The van der Waals surface area contributed by atoms with Crippen LogP contribution in [0.3, 0.4) is 0 Å². The van der Waals surface area contributed by atoms with E-state index in [1.54, 1.807) is 0 Å². The Kier molecular flexibility index (Phi) is 7.31. The molecule has 1 fully saturated rings. The zero-order valence-electron chi connectivity index (χ0n) is 12.4. The van der Waals surface area contributed by atoms with Crippen LogP contribution in [-0.2, 0) is 22.3 Å². The third-order valence-electron chi connectivity index (χ3n) is 3.85. The molecule has 2 rings (SSSR count). The Morgan fingerprint density at radius 1 is 1.30 bits per heavy atom. The number of hydrogen-bond donors (Lipinski definition) is 2. The fraction of sp³-hybridized carbons (Fsp3) is 0.533. The van der Waals surface area contributed by atoms with Gasteiger partial charge in [-0.25, -0.2) is 0 Å². The van der Waals surface area contributed by atoms with E-state index in [2.05, 4.69) is 5.32 Å². The maximum atomic E-state index is 12.9. The molecule has 1 atom stereocenters. The molecule has 3 N–H and O–H groups in total. The number of nitrogens with two attached hydrogens (primary N) is 1. The van der Waals surface area contributed by atoms with Gasteiger partial charge in [0, 0.05) is 19.8 Å². The summed E-state index contributed by atoms with van der Waals surface area (Å²) in [5.41, 5.74) is 5.18. The van der Waals surface area contributed by atoms with Crippen LogP contribution in [0.2, 0.25) is 0 Å². The van der Waals surface area contributed by atoms with Crippen molar-refractivity contribution in [3.05, 3.63) is 35.4 Å². The lowest BCUT2D eigenvalue weighted by Gasteiger charge is -2.26. The van der Waals surface area contributed by atoms with Crippen molar-refractivity contribution < 1.29 is 22.7 Å². The number of carbonyl (C=O) groups is 1. The number of nitrogens with one attached hydrogen (secondary N) is 1. The molecule has 1 amide bonds. The van der Waals surface area contributed by atoms with E-state index >= 15 is 0 Å². The molecule has 0 saturated carbocycles. The van der Waals surface area contributed by atoms with Gasteiger partial charge in [-0.2, -0.15) is 13.2 Å². The van der Waals surface area contributed by atoms with Crippen LogP contribution in [0.15, 0.2) is 24.3 Å². The van der Waals surface area contributed by atoms with Gasteiger partial charge in [0.05, 0.1) is 11.6 Å². The molecule has 0 spiro atoms. The molecule has 0 aliphatic carbocycles. The molecule has 1 aromatic rings. The summed E-state index contributed by atoms with van der Waals surface area (Å²) in [6.45, 7) is 0.927. The Bertz CT molecular complexity index is 520. The second kappa shape index (κ2) is 8.52. The molecule has 1 aliphatic rings. The number of benzene rings is 1. The monoisotopic (exact) mass is 352 g/mol.